The number of hydrogen-bond donors (Lipinski definition) is 1. The number of alkyl halides is 3. The fourth-order valence-corrected chi connectivity index (χ4v) is 3.11. The lowest BCUT2D eigenvalue weighted by molar-refractivity contribution is -0.222. The summed E-state index contributed by atoms with van der Waals surface area (Å²) < 4.78 is 57.3. The van der Waals surface area contributed by atoms with Crippen LogP contribution in [0.2, 0.25) is 0 Å². The number of carboxylic acids is 1. The lowest BCUT2D eigenvalue weighted by atomic mass is 9.91. The molecule has 0 radical (unpaired) electrons. The zero-order valence-electron chi connectivity index (χ0n) is 6.13. The summed E-state index contributed by atoms with van der Waals surface area (Å²) in [7, 11) is -3.82. The quantitative estimate of drug-likeness (QED) is 0.674. The summed E-state index contributed by atoms with van der Waals surface area (Å²) in [5, 5.41) is 8.27. The molecule has 1 aliphatic heterocycles. The molecule has 13 heavy (non-hydrogen) atoms. The zero-order valence-corrected chi connectivity index (χ0v) is 6.94. The van der Waals surface area contributed by atoms with Crippen LogP contribution in [0.1, 0.15) is 0 Å². The van der Waals surface area contributed by atoms with Gasteiger partial charge in [0.25, 0.3) is 0 Å². The highest BCUT2D eigenvalue weighted by Crippen LogP contribution is 2.47. The van der Waals surface area contributed by atoms with Crippen molar-refractivity contribution in [2.45, 2.75) is 6.18 Å². The van der Waals surface area contributed by atoms with E-state index in [1.807, 2.05) is 0 Å². The average Bonchev–Trinajstić information content (AvgIpc) is 1.78. The Bertz CT molecular complexity index is 329. The Kier molecular flexibility index (Phi) is 1.88. The Balaban J connectivity index is 3.04. The van der Waals surface area contributed by atoms with Gasteiger partial charge >= 0.3 is 12.1 Å². The van der Waals surface area contributed by atoms with Crippen LogP contribution in [-0.4, -0.2) is 37.2 Å². The number of hydrogen-bond acceptors (Lipinski definition) is 3. The van der Waals surface area contributed by atoms with Crippen molar-refractivity contribution in [2.24, 2.45) is 5.41 Å². The van der Waals surface area contributed by atoms with Crippen LogP contribution in [0.3, 0.4) is 0 Å². The minimum absolute atomic E-state index is 1.35. The van der Waals surface area contributed by atoms with E-state index in [0.29, 0.717) is 0 Å². The number of carboxylic acid groups (broad SMARTS) is 1. The third-order valence-corrected chi connectivity index (χ3v) is 3.75. The van der Waals surface area contributed by atoms with Crippen LogP contribution in [0.5, 0.6) is 0 Å². The third kappa shape index (κ3) is 1.38. The minimum Gasteiger partial charge on any atom is -0.481 e. The molecular weight excluding hydrogens is 213 g/mol. The maximum absolute atomic E-state index is 12.1. The molecule has 0 unspecified atom stereocenters. The molecule has 1 rings (SSSR count). The first-order valence-electron chi connectivity index (χ1n) is 3.11. The molecular formula is C5H5F3O4S. The van der Waals surface area contributed by atoms with Crippen molar-refractivity contribution < 1.29 is 31.5 Å². The van der Waals surface area contributed by atoms with Crippen molar-refractivity contribution >= 4 is 15.8 Å². The van der Waals surface area contributed by atoms with E-state index in [9.17, 15) is 26.4 Å². The maximum Gasteiger partial charge on any atom is 0.406 e. The Labute approximate surface area is 71.3 Å². The van der Waals surface area contributed by atoms with E-state index in [4.69, 9.17) is 5.11 Å². The molecule has 0 aromatic heterocycles. The van der Waals surface area contributed by atoms with Crippen molar-refractivity contribution in [3.05, 3.63) is 0 Å². The summed E-state index contributed by atoms with van der Waals surface area (Å²) >= 11 is 0. The van der Waals surface area contributed by atoms with Crippen molar-refractivity contribution in [3.8, 4) is 0 Å². The second-order valence-corrected chi connectivity index (χ2v) is 4.98. The van der Waals surface area contributed by atoms with E-state index in [2.05, 4.69) is 0 Å². The topological polar surface area (TPSA) is 71.4 Å². The number of sulfone groups is 1. The van der Waals surface area contributed by atoms with Gasteiger partial charge in [0, 0.05) is 0 Å². The highest BCUT2D eigenvalue weighted by molar-refractivity contribution is 7.93. The van der Waals surface area contributed by atoms with Crippen molar-refractivity contribution in [1.29, 1.82) is 0 Å². The Morgan fingerprint density at radius 1 is 1.31 bits per heavy atom. The fourth-order valence-electron chi connectivity index (χ4n) is 1.12. The van der Waals surface area contributed by atoms with Gasteiger partial charge in [0.15, 0.2) is 15.3 Å². The molecule has 0 amide bonds. The summed E-state index contributed by atoms with van der Waals surface area (Å²) in [6.07, 6.45) is -5.01. The van der Waals surface area contributed by atoms with Gasteiger partial charge in [0.05, 0.1) is 11.5 Å². The van der Waals surface area contributed by atoms with Gasteiger partial charge in [-0.25, -0.2) is 8.42 Å². The summed E-state index contributed by atoms with van der Waals surface area (Å²) in [6.45, 7) is 0. The lowest BCUT2D eigenvalue weighted by Crippen LogP contribution is -2.62. The van der Waals surface area contributed by atoms with E-state index in [1.165, 1.54) is 0 Å². The first-order chi connectivity index (χ1) is 5.61. The smallest absolute Gasteiger partial charge is 0.406 e. The molecule has 0 atom stereocenters. The maximum atomic E-state index is 12.1. The molecule has 0 bridgehead atoms. The van der Waals surface area contributed by atoms with Gasteiger partial charge < -0.3 is 5.11 Å². The molecule has 1 aliphatic rings. The van der Waals surface area contributed by atoms with E-state index in [1.54, 1.807) is 0 Å². The highest BCUT2D eigenvalue weighted by Gasteiger charge is 2.70. The minimum atomic E-state index is -5.01. The number of aliphatic carboxylic acids is 1. The van der Waals surface area contributed by atoms with Crippen LogP contribution < -0.4 is 0 Å². The second kappa shape index (κ2) is 2.37. The molecule has 0 aliphatic carbocycles. The molecule has 0 aromatic carbocycles. The molecule has 1 fully saturated rings. The lowest BCUT2D eigenvalue weighted by Gasteiger charge is -2.38. The predicted molar refractivity (Wildman–Crippen MR) is 34.8 cm³/mol. The molecule has 1 N–H and O–H groups in total. The normalized spacial score (nSPS) is 24.8. The Morgan fingerprint density at radius 3 is 1.77 bits per heavy atom. The van der Waals surface area contributed by atoms with E-state index in [-0.39, 0.29) is 0 Å². The van der Waals surface area contributed by atoms with Crippen LogP contribution >= 0.6 is 0 Å². The van der Waals surface area contributed by atoms with Gasteiger partial charge in [-0.2, -0.15) is 13.2 Å². The van der Waals surface area contributed by atoms with Crippen molar-refractivity contribution in [2.75, 3.05) is 11.5 Å². The number of rotatable bonds is 1. The molecule has 76 valence electrons. The Hall–Kier alpha value is -0.790. The fraction of sp³-hybridized carbons (Fsp3) is 0.800. The first-order valence-corrected chi connectivity index (χ1v) is 4.93. The summed E-state index contributed by atoms with van der Waals surface area (Å²) in [4.78, 5) is 10.3. The molecule has 0 saturated carbocycles. The van der Waals surface area contributed by atoms with Gasteiger partial charge in [-0.3, -0.25) is 4.79 Å². The van der Waals surface area contributed by atoms with E-state index in [0.717, 1.165) is 0 Å². The van der Waals surface area contributed by atoms with Crippen molar-refractivity contribution in [3.63, 3.8) is 0 Å². The second-order valence-electron chi connectivity index (χ2n) is 2.92. The molecule has 1 heterocycles. The Morgan fingerprint density at radius 2 is 1.69 bits per heavy atom. The van der Waals surface area contributed by atoms with Crippen molar-refractivity contribution in [1.82, 2.24) is 0 Å². The predicted octanol–water partition coefficient (Wildman–Crippen LogP) is 0.0481. The molecule has 1 saturated heterocycles. The molecule has 8 heteroatoms. The SMILES string of the molecule is O=C(O)C1(C(F)(F)F)CS(=O)(=O)C1. The number of halogens is 3. The van der Waals surface area contributed by atoms with Gasteiger partial charge in [-0.15, -0.1) is 0 Å². The van der Waals surface area contributed by atoms with Crippen LogP contribution in [0.25, 0.3) is 0 Å². The summed E-state index contributed by atoms with van der Waals surface area (Å²) in [5.74, 6) is -4.83. The monoisotopic (exact) mass is 218 g/mol. The van der Waals surface area contributed by atoms with Gasteiger partial charge in [0.1, 0.15) is 0 Å². The van der Waals surface area contributed by atoms with Crippen LogP contribution in [-0.2, 0) is 14.6 Å². The van der Waals surface area contributed by atoms with Crippen LogP contribution in [0.15, 0.2) is 0 Å². The average molecular weight is 218 g/mol. The zero-order chi connectivity index (χ0) is 10.5. The van der Waals surface area contributed by atoms with Crippen LogP contribution in [0.4, 0.5) is 13.2 Å². The highest BCUT2D eigenvalue weighted by atomic mass is 32.2. The van der Waals surface area contributed by atoms with Gasteiger partial charge in [0.2, 0.25) is 0 Å². The number of carbonyl (C=O) groups is 1. The van der Waals surface area contributed by atoms with Gasteiger partial charge in [-0.05, 0) is 0 Å². The largest absolute Gasteiger partial charge is 0.481 e. The molecule has 0 aromatic rings. The van der Waals surface area contributed by atoms with Gasteiger partial charge in [-0.1, -0.05) is 0 Å². The summed E-state index contributed by atoms with van der Waals surface area (Å²) in [5.41, 5.74) is -3.08. The molecule has 0 spiro atoms. The van der Waals surface area contributed by atoms with Crippen LogP contribution in [0, 0.1) is 5.41 Å². The molecule has 4 nitrogen and oxygen atoms in total. The van der Waals surface area contributed by atoms with E-state index >= 15 is 0 Å². The van der Waals surface area contributed by atoms with E-state index < -0.39 is 38.9 Å². The summed E-state index contributed by atoms with van der Waals surface area (Å²) in [6, 6.07) is 0. The third-order valence-electron chi connectivity index (χ3n) is 1.88. The first kappa shape index (κ1) is 10.3. The standard InChI is InChI=1S/C5H5F3O4S/c6-5(7,8)4(3(9)10)1-13(11,12)2-4/h1-2H2,(H,9,10).